The molecule has 0 aliphatic heterocycles. The van der Waals surface area contributed by atoms with E-state index < -0.39 is 0 Å². The summed E-state index contributed by atoms with van der Waals surface area (Å²) in [5, 5.41) is 8.76. The molecule has 4 nitrogen and oxygen atoms in total. The van der Waals surface area contributed by atoms with Gasteiger partial charge in [-0.05, 0) is 25.3 Å². The lowest BCUT2D eigenvalue weighted by Gasteiger charge is -2.21. The summed E-state index contributed by atoms with van der Waals surface area (Å²) in [7, 11) is 0. The normalized spacial score (nSPS) is 10.0. The molecule has 0 fully saturated rings. The quantitative estimate of drug-likeness (QED) is 0.756. The van der Waals surface area contributed by atoms with Crippen molar-refractivity contribution >= 4 is 5.95 Å². The van der Waals surface area contributed by atoms with Crippen molar-refractivity contribution in [2.75, 3.05) is 18.0 Å². The second-order valence-electron chi connectivity index (χ2n) is 4.12. The molecule has 4 heteroatoms. The minimum absolute atomic E-state index is 0.355. The number of rotatable bonds is 6. The van der Waals surface area contributed by atoms with Crippen LogP contribution in [0.5, 0.6) is 0 Å². The molecule has 0 saturated heterocycles. The lowest BCUT2D eigenvalue weighted by Crippen LogP contribution is -2.27. The molecule has 0 spiro atoms. The number of nitriles is 1. The van der Waals surface area contributed by atoms with Crippen LogP contribution in [0.1, 0.15) is 37.9 Å². The molecule has 0 atom stereocenters. The topological polar surface area (TPSA) is 52.8 Å². The molecule has 1 aromatic heterocycles. The first-order valence-electron chi connectivity index (χ1n) is 6.17. The molecule has 0 aromatic carbocycles. The maximum absolute atomic E-state index is 8.76. The molecule has 0 aliphatic rings. The molecule has 92 valence electrons. The molecule has 0 saturated carbocycles. The monoisotopic (exact) mass is 232 g/mol. The van der Waals surface area contributed by atoms with Crippen LogP contribution in [-0.2, 0) is 6.42 Å². The van der Waals surface area contributed by atoms with Gasteiger partial charge in [0.1, 0.15) is 0 Å². The molecular formula is C13H20N4. The Hall–Kier alpha value is -1.63. The zero-order valence-corrected chi connectivity index (χ0v) is 10.9. The molecule has 17 heavy (non-hydrogen) atoms. The number of hydrogen-bond acceptors (Lipinski definition) is 4. The van der Waals surface area contributed by atoms with Gasteiger partial charge in [-0.3, -0.25) is 0 Å². The van der Waals surface area contributed by atoms with E-state index in [1.807, 2.05) is 13.1 Å². The summed E-state index contributed by atoms with van der Waals surface area (Å²) in [5.41, 5.74) is 1.83. The van der Waals surface area contributed by atoms with Gasteiger partial charge in [0, 0.05) is 19.3 Å². The van der Waals surface area contributed by atoms with Gasteiger partial charge in [0.25, 0.3) is 0 Å². The molecule has 0 radical (unpaired) electrons. The molecule has 0 aliphatic carbocycles. The minimum atomic E-state index is 0.355. The van der Waals surface area contributed by atoms with Gasteiger partial charge in [-0.25, -0.2) is 9.97 Å². The highest BCUT2D eigenvalue weighted by molar-refractivity contribution is 5.33. The van der Waals surface area contributed by atoms with Crippen molar-refractivity contribution in [1.82, 2.24) is 9.97 Å². The lowest BCUT2D eigenvalue weighted by atomic mass is 10.2. The Morgan fingerprint density at radius 1 is 1.29 bits per heavy atom. The highest BCUT2D eigenvalue weighted by atomic mass is 15.2. The minimum Gasteiger partial charge on any atom is -0.341 e. The van der Waals surface area contributed by atoms with Crippen LogP contribution < -0.4 is 4.90 Å². The van der Waals surface area contributed by atoms with E-state index in [1.165, 1.54) is 0 Å². The predicted octanol–water partition coefficient (Wildman–Crippen LogP) is 2.48. The van der Waals surface area contributed by atoms with Gasteiger partial charge < -0.3 is 4.90 Å². The van der Waals surface area contributed by atoms with Crippen LogP contribution in [0.2, 0.25) is 0 Å². The van der Waals surface area contributed by atoms with E-state index in [9.17, 15) is 0 Å². The highest BCUT2D eigenvalue weighted by Crippen LogP contribution is 2.12. The van der Waals surface area contributed by atoms with Gasteiger partial charge >= 0.3 is 0 Å². The van der Waals surface area contributed by atoms with Crippen LogP contribution >= 0.6 is 0 Å². The second-order valence-corrected chi connectivity index (χ2v) is 4.12. The van der Waals surface area contributed by atoms with E-state index in [0.717, 1.165) is 43.1 Å². The first kappa shape index (κ1) is 13.4. The summed E-state index contributed by atoms with van der Waals surface area (Å²) < 4.78 is 0. The van der Waals surface area contributed by atoms with Crippen molar-refractivity contribution in [1.29, 1.82) is 5.26 Å². The molecule has 0 bridgehead atoms. The first-order valence-corrected chi connectivity index (χ1v) is 6.17. The lowest BCUT2D eigenvalue weighted by molar-refractivity contribution is 0.717. The summed E-state index contributed by atoms with van der Waals surface area (Å²) in [5.74, 6) is 0.754. The number of hydrogen-bond donors (Lipinski definition) is 0. The Morgan fingerprint density at radius 2 is 1.94 bits per heavy atom. The average molecular weight is 232 g/mol. The Bertz CT molecular complexity index is 389. The number of aryl methyl sites for hydroxylation is 1. The fraction of sp³-hybridized carbons (Fsp3) is 0.615. The van der Waals surface area contributed by atoms with E-state index in [1.54, 1.807) is 0 Å². The third-order valence-electron chi connectivity index (χ3n) is 2.58. The van der Waals surface area contributed by atoms with Crippen LogP contribution in [0, 0.1) is 18.3 Å². The van der Waals surface area contributed by atoms with Gasteiger partial charge in [0.15, 0.2) is 0 Å². The van der Waals surface area contributed by atoms with Crippen LogP contribution in [0.4, 0.5) is 5.95 Å². The maximum Gasteiger partial charge on any atom is 0.225 e. The second kappa shape index (κ2) is 6.85. The van der Waals surface area contributed by atoms with Gasteiger partial charge in [-0.15, -0.1) is 0 Å². The molecular weight excluding hydrogens is 212 g/mol. The largest absolute Gasteiger partial charge is 0.341 e. The predicted molar refractivity (Wildman–Crippen MR) is 68.9 cm³/mol. The van der Waals surface area contributed by atoms with Gasteiger partial charge in [-0.1, -0.05) is 13.8 Å². The summed E-state index contributed by atoms with van der Waals surface area (Å²) in [6, 6.07) is 2.15. The fourth-order valence-corrected chi connectivity index (χ4v) is 1.72. The molecule has 0 amide bonds. The standard InChI is InChI=1S/C13H20N4/c1-4-8-17(9-5-2)13-15-10-11(3)12(16-13)6-7-14/h10H,4-6,8-9H2,1-3H3. The van der Waals surface area contributed by atoms with E-state index in [0.29, 0.717) is 6.42 Å². The summed E-state index contributed by atoms with van der Waals surface area (Å²) in [6.07, 6.45) is 4.32. The van der Waals surface area contributed by atoms with E-state index in [4.69, 9.17) is 5.26 Å². The Balaban J connectivity index is 2.95. The van der Waals surface area contributed by atoms with Crippen molar-refractivity contribution in [3.05, 3.63) is 17.5 Å². The third-order valence-corrected chi connectivity index (χ3v) is 2.58. The van der Waals surface area contributed by atoms with Crippen LogP contribution in [0.15, 0.2) is 6.20 Å². The van der Waals surface area contributed by atoms with Crippen molar-refractivity contribution in [2.24, 2.45) is 0 Å². The molecule has 0 N–H and O–H groups in total. The average Bonchev–Trinajstić information content (AvgIpc) is 2.32. The molecule has 1 aromatic rings. The van der Waals surface area contributed by atoms with Crippen LogP contribution in [0.25, 0.3) is 0 Å². The summed E-state index contributed by atoms with van der Waals surface area (Å²) in [4.78, 5) is 11.0. The van der Waals surface area contributed by atoms with Gasteiger partial charge in [-0.2, -0.15) is 5.26 Å². The van der Waals surface area contributed by atoms with Gasteiger partial charge in [0.2, 0.25) is 5.95 Å². The smallest absolute Gasteiger partial charge is 0.225 e. The molecule has 0 unspecified atom stereocenters. The van der Waals surface area contributed by atoms with Crippen LogP contribution in [-0.4, -0.2) is 23.1 Å². The van der Waals surface area contributed by atoms with Crippen molar-refractivity contribution in [3.8, 4) is 6.07 Å². The Kier molecular flexibility index (Phi) is 5.41. The van der Waals surface area contributed by atoms with Crippen molar-refractivity contribution in [3.63, 3.8) is 0 Å². The first-order chi connectivity index (χ1) is 8.22. The van der Waals surface area contributed by atoms with Crippen molar-refractivity contribution in [2.45, 2.75) is 40.0 Å². The highest BCUT2D eigenvalue weighted by Gasteiger charge is 2.10. The fourth-order valence-electron chi connectivity index (χ4n) is 1.72. The Morgan fingerprint density at radius 3 is 2.47 bits per heavy atom. The Labute approximate surface area is 103 Å². The van der Waals surface area contributed by atoms with E-state index in [2.05, 4.69) is 34.8 Å². The van der Waals surface area contributed by atoms with E-state index in [-0.39, 0.29) is 0 Å². The zero-order chi connectivity index (χ0) is 12.7. The number of aromatic nitrogens is 2. The number of nitrogens with zero attached hydrogens (tertiary/aromatic N) is 4. The summed E-state index contributed by atoms with van der Waals surface area (Å²) >= 11 is 0. The number of anilines is 1. The zero-order valence-electron chi connectivity index (χ0n) is 10.9. The van der Waals surface area contributed by atoms with E-state index >= 15 is 0 Å². The van der Waals surface area contributed by atoms with Gasteiger partial charge in [0.05, 0.1) is 18.2 Å². The molecule has 1 rings (SSSR count). The SMILES string of the molecule is CCCN(CCC)c1ncc(C)c(CC#N)n1. The maximum atomic E-state index is 8.76. The third kappa shape index (κ3) is 3.70. The van der Waals surface area contributed by atoms with Crippen LogP contribution in [0.3, 0.4) is 0 Å². The molecule has 1 heterocycles. The van der Waals surface area contributed by atoms with Crippen molar-refractivity contribution < 1.29 is 0 Å². The summed E-state index contributed by atoms with van der Waals surface area (Å²) in [6.45, 7) is 8.16.